The van der Waals surface area contributed by atoms with Gasteiger partial charge in [0.2, 0.25) is 0 Å². The van der Waals surface area contributed by atoms with E-state index in [-0.39, 0.29) is 12.0 Å². The van der Waals surface area contributed by atoms with Gasteiger partial charge >= 0.3 is 8.53 Å². The van der Waals surface area contributed by atoms with E-state index < -0.39 is 8.53 Å². The highest BCUT2D eigenvalue weighted by molar-refractivity contribution is 7.45. The van der Waals surface area contributed by atoms with E-state index in [4.69, 9.17) is 9.05 Å². The largest absolute Gasteiger partial charge is 0.435 e. The first-order valence-corrected chi connectivity index (χ1v) is 12.2. The van der Waals surface area contributed by atoms with Crippen molar-refractivity contribution in [3.05, 3.63) is 83.4 Å². The predicted octanol–water partition coefficient (Wildman–Crippen LogP) is 6.88. The molecule has 0 radical (unpaired) electrons. The molecule has 3 unspecified atom stereocenters. The molecule has 0 N–H and O–H groups in total. The summed E-state index contributed by atoms with van der Waals surface area (Å²) in [6, 6.07) is 21.8. The number of rotatable bonds is 1. The Balaban J connectivity index is 1.55. The topological polar surface area (TPSA) is 21.7 Å². The highest BCUT2D eigenvalue weighted by Gasteiger charge is 2.36. The minimum Gasteiger partial charge on any atom is -0.435 e. The first kappa shape index (κ1) is 18.6. The molecule has 1 fully saturated rings. The molecular formula is C26H26NO2P. The smallest absolute Gasteiger partial charge is 0.321 e. The van der Waals surface area contributed by atoms with Crippen LogP contribution in [0.25, 0.3) is 16.8 Å². The van der Waals surface area contributed by atoms with Gasteiger partial charge in [-0.1, -0.05) is 73.2 Å². The highest BCUT2D eigenvalue weighted by Crippen LogP contribution is 2.54. The van der Waals surface area contributed by atoms with E-state index in [0.717, 1.165) is 25.3 Å². The summed E-state index contributed by atoms with van der Waals surface area (Å²) in [5.74, 6) is 1.24. The molecule has 4 heteroatoms. The van der Waals surface area contributed by atoms with Crippen LogP contribution in [0.2, 0.25) is 0 Å². The van der Waals surface area contributed by atoms with Gasteiger partial charge in [-0.05, 0) is 47.2 Å². The summed E-state index contributed by atoms with van der Waals surface area (Å²) < 4.78 is 15.8. The summed E-state index contributed by atoms with van der Waals surface area (Å²) in [7, 11) is -1.11. The molecule has 0 spiro atoms. The van der Waals surface area contributed by atoms with E-state index in [0.29, 0.717) is 0 Å². The molecule has 3 nitrogen and oxygen atoms in total. The molecular weight excluding hydrogens is 389 g/mol. The summed E-state index contributed by atoms with van der Waals surface area (Å²) in [6.45, 7) is 2.13. The second-order valence-corrected chi connectivity index (χ2v) is 9.90. The van der Waals surface area contributed by atoms with Crippen LogP contribution in [-0.2, 0) is 4.52 Å². The van der Waals surface area contributed by atoms with E-state index in [9.17, 15) is 0 Å². The molecule has 3 aromatic rings. The lowest BCUT2D eigenvalue weighted by Crippen LogP contribution is -2.30. The standard InChI is InChI=1S/C26H26NO2P/c1-6-16-27(17-7-1)30-28-21-14-12-19-8-2-4-10-22(19)24(18-21)26-23-11-5-3-9-20(23)13-15-25(26)29-30/h2-5,8-15,21,24H,1,6-7,16-18H2. The van der Waals surface area contributed by atoms with Gasteiger partial charge in [0.25, 0.3) is 0 Å². The third-order valence-corrected chi connectivity index (χ3v) is 8.24. The summed E-state index contributed by atoms with van der Waals surface area (Å²) >= 11 is 0. The third-order valence-electron chi connectivity index (χ3n) is 6.57. The van der Waals surface area contributed by atoms with Gasteiger partial charge in [-0.15, -0.1) is 0 Å². The number of benzene rings is 3. The molecule has 30 heavy (non-hydrogen) atoms. The van der Waals surface area contributed by atoms with Crippen LogP contribution in [0.5, 0.6) is 5.75 Å². The summed E-state index contributed by atoms with van der Waals surface area (Å²) in [4.78, 5) is 0. The molecule has 6 rings (SSSR count). The van der Waals surface area contributed by atoms with Crippen LogP contribution < -0.4 is 4.52 Å². The molecule has 2 aliphatic heterocycles. The first-order valence-electron chi connectivity index (χ1n) is 11.1. The van der Waals surface area contributed by atoms with Crippen molar-refractivity contribution in [2.75, 3.05) is 13.1 Å². The Hall–Kier alpha value is -2.19. The number of hydrogen-bond acceptors (Lipinski definition) is 3. The maximum absolute atomic E-state index is 6.73. The fourth-order valence-electron chi connectivity index (χ4n) is 5.08. The molecule has 3 atom stereocenters. The van der Waals surface area contributed by atoms with Gasteiger partial charge in [0.05, 0.1) is 6.10 Å². The minimum atomic E-state index is -1.11. The zero-order chi connectivity index (χ0) is 19.9. The van der Waals surface area contributed by atoms with Crippen molar-refractivity contribution in [3.63, 3.8) is 0 Å². The Labute approximate surface area is 179 Å². The van der Waals surface area contributed by atoms with E-state index >= 15 is 0 Å². The van der Waals surface area contributed by atoms with Crippen molar-refractivity contribution >= 4 is 25.4 Å². The Kier molecular flexibility index (Phi) is 4.84. The SMILES string of the molecule is C1=CC2CC(c3ccccc31)c1c(ccc3ccccc13)OP(N1CCCCC1)O2. The van der Waals surface area contributed by atoms with Crippen molar-refractivity contribution < 1.29 is 9.05 Å². The van der Waals surface area contributed by atoms with Crippen LogP contribution >= 0.6 is 8.53 Å². The van der Waals surface area contributed by atoms with Crippen molar-refractivity contribution in [1.82, 2.24) is 4.67 Å². The van der Waals surface area contributed by atoms with Crippen LogP contribution in [-0.4, -0.2) is 23.9 Å². The Morgan fingerprint density at radius 3 is 2.63 bits per heavy atom. The lowest BCUT2D eigenvalue weighted by Gasteiger charge is -2.37. The molecule has 0 amide bonds. The zero-order valence-electron chi connectivity index (χ0n) is 17.0. The molecule has 0 aromatic heterocycles. The van der Waals surface area contributed by atoms with Crippen LogP contribution in [0.15, 0.2) is 66.7 Å². The van der Waals surface area contributed by atoms with Gasteiger partial charge in [-0.2, -0.15) is 0 Å². The predicted molar refractivity (Wildman–Crippen MR) is 124 cm³/mol. The van der Waals surface area contributed by atoms with Crippen molar-refractivity contribution in [2.24, 2.45) is 0 Å². The van der Waals surface area contributed by atoms with Gasteiger partial charge in [-0.3, -0.25) is 0 Å². The van der Waals surface area contributed by atoms with Gasteiger partial charge in [0.15, 0.2) is 0 Å². The van der Waals surface area contributed by atoms with Gasteiger partial charge in [0.1, 0.15) is 5.75 Å². The maximum atomic E-state index is 6.73. The summed E-state index contributed by atoms with van der Waals surface area (Å²) in [5.41, 5.74) is 3.98. The van der Waals surface area contributed by atoms with Crippen LogP contribution in [0.1, 0.15) is 48.3 Å². The van der Waals surface area contributed by atoms with E-state index in [1.807, 2.05) is 0 Å². The molecule has 2 bridgehead atoms. The maximum Gasteiger partial charge on any atom is 0.321 e. The lowest BCUT2D eigenvalue weighted by atomic mass is 9.83. The van der Waals surface area contributed by atoms with Crippen molar-refractivity contribution in [1.29, 1.82) is 0 Å². The molecule has 0 saturated carbocycles. The van der Waals surface area contributed by atoms with E-state index in [1.54, 1.807) is 0 Å². The number of hydrogen-bond donors (Lipinski definition) is 0. The van der Waals surface area contributed by atoms with Gasteiger partial charge < -0.3 is 9.05 Å². The fraction of sp³-hybridized carbons (Fsp3) is 0.308. The highest BCUT2D eigenvalue weighted by atomic mass is 31.2. The first-order chi connectivity index (χ1) is 14.9. The number of fused-ring (bicyclic) bond motifs is 8. The number of nitrogens with zero attached hydrogens (tertiary/aromatic N) is 1. The summed E-state index contributed by atoms with van der Waals surface area (Å²) in [6.07, 6.45) is 9.27. The van der Waals surface area contributed by atoms with E-state index in [1.165, 1.54) is 46.7 Å². The fourth-order valence-corrected chi connectivity index (χ4v) is 6.70. The molecule has 1 aliphatic carbocycles. The second kappa shape index (κ2) is 7.81. The molecule has 3 aromatic carbocycles. The lowest BCUT2D eigenvalue weighted by molar-refractivity contribution is 0.188. The number of piperidine rings is 1. The van der Waals surface area contributed by atoms with Crippen LogP contribution in [0, 0.1) is 0 Å². The van der Waals surface area contributed by atoms with E-state index in [2.05, 4.69) is 77.5 Å². The van der Waals surface area contributed by atoms with Crippen LogP contribution in [0.3, 0.4) is 0 Å². The summed E-state index contributed by atoms with van der Waals surface area (Å²) in [5, 5.41) is 2.57. The average molecular weight is 415 g/mol. The van der Waals surface area contributed by atoms with Gasteiger partial charge in [-0.25, -0.2) is 4.67 Å². The minimum absolute atomic E-state index is 0.0579. The second-order valence-electron chi connectivity index (χ2n) is 8.46. The Bertz CT molecular complexity index is 1110. The Morgan fingerprint density at radius 1 is 0.867 bits per heavy atom. The molecule has 152 valence electrons. The van der Waals surface area contributed by atoms with Crippen molar-refractivity contribution in [3.8, 4) is 5.75 Å². The quantitative estimate of drug-likeness (QED) is 0.405. The molecule has 1 saturated heterocycles. The zero-order valence-corrected chi connectivity index (χ0v) is 17.9. The van der Waals surface area contributed by atoms with Gasteiger partial charge in [0, 0.05) is 24.6 Å². The normalized spacial score (nSPS) is 26.1. The molecule has 3 aliphatic rings. The van der Waals surface area contributed by atoms with Crippen LogP contribution in [0.4, 0.5) is 0 Å². The Morgan fingerprint density at radius 2 is 1.70 bits per heavy atom. The monoisotopic (exact) mass is 415 g/mol. The average Bonchev–Trinajstić information content (AvgIpc) is 2.98. The molecule has 2 heterocycles. The van der Waals surface area contributed by atoms with Crippen molar-refractivity contribution in [2.45, 2.75) is 37.7 Å². The third kappa shape index (κ3) is 3.26.